The van der Waals surface area contributed by atoms with Crippen molar-refractivity contribution in [2.75, 3.05) is 0 Å². The number of unbranched alkanes of at least 4 members (excludes halogenated alkanes) is 1. The summed E-state index contributed by atoms with van der Waals surface area (Å²) in [6, 6.07) is 6.43. The molecule has 2 nitrogen and oxygen atoms in total. The molecular weight excluding hydrogens is 276 g/mol. The molecular formula is C18H32O2Si. The standard InChI is InChI=1S/C18H32O2Si/c1-7-8-9-15-10-16(13-19)12-17(11-15)14-20-21(5,6)18(2,3)4/h10-12,19H,7-9,13-14H2,1-6H3. The Kier molecular flexibility index (Phi) is 6.63. The fraction of sp³-hybridized carbons (Fsp3) is 0.667. The van der Waals surface area contributed by atoms with Gasteiger partial charge in [-0.2, -0.15) is 0 Å². The van der Waals surface area contributed by atoms with Crippen molar-refractivity contribution in [1.82, 2.24) is 0 Å². The lowest BCUT2D eigenvalue weighted by molar-refractivity contribution is 0.272. The summed E-state index contributed by atoms with van der Waals surface area (Å²) in [6.07, 6.45) is 3.47. The molecule has 0 unspecified atom stereocenters. The molecule has 0 saturated heterocycles. The summed E-state index contributed by atoms with van der Waals surface area (Å²) in [5.74, 6) is 0. The largest absolute Gasteiger partial charge is 0.413 e. The van der Waals surface area contributed by atoms with Crippen LogP contribution in [0.15, 0.2) is 18.2 Å². The van der Waals surface area contributed by atoms with Gasteiger partial charge in [0.05, 0.1) is 13.2 Å². The van der Waals surface area contributed by atoms with Crippen LogP contribution in [0, 0.1) is 0 Å². The number of aliphatic hydroxyl groups excluding tert-OH is 1. The first-order chi connectivity index (χ1) is 9.69. The first kappa shape index (κ1) is 18.4. The Morgan fingerprint density at radius 1 is 1.05 bits per heavy atom. The SMILES string of the molecule is CCCCc1cc(CO)cc(CO[Si](C)(C)C(C)(C)C)c1. The first-order valence-electron chi connectivity index (χ1n) is 8.06. The van der Waals surface area contributed by atoms with E-state index in [1.807, 2.05) is 0 Å². The van der Waals surface area contributed by atoms with Gasteiger partial charge in [0.1, 0.15) is 0 Å². The Hall–Kier alpha value is -0.643. The smallest absolute Gasteiger partial charge is 0.192 e. The Bertz CT molecular complexity index is 447. The van der Waals surface area contributed by atoms with Gasteiger partial charge in [-0.1, -0.05) is 52.3 Å². The van der Waals surface area contributed by atoms with E-state index in [0.29, 0.717) is 6.61 Å². The van der Waals surface area contributed by atoms with Crippen molar-refractivity contribution in [3.8, 4) is 0 Å². The van der Waals surface area contributed by atoms with Crippen LogP contribution in [0.3, 0.4) is 0 Å². The van der Waals surface area contributed by atoms with Gasteiger partial charge in [-0.3, -0.25) is 0 Å². The molecule has 1 aromatic carbocycles. The van der Waals surface area contributed by atoms with E-state index < -0.39 is 8.32 Å². The van der Waals surface area contributed by atoms with Gasteiger partial charge < -0.3 is 9.53 Å². The molecule has 120 valence electrons. The van der Waals surface area contributed by atoms with Crippen LogP contribution < -0.4 is 0 Å². The molecule has 21 heavy (non-hydrogen) atoms. The van der Waals surface area contributed by atoms with E-state index >= 15 is 0 Å². The molecule has 1 rings (SSSR count). The van der Waals surface area contributed by atoms with Crippen molar-refractivity contribution in [3.05, 3.63) is 34.9 Å². The third-order valence-corrected chi connectivity index (χ3v) is 9.00. The quantitative estimate of drug-likeness (QED) is 0.715. The van der Waals surface area contributed by atoms with Gasteiger partial charge in [-0.05, 0) is 47.7 Å². The zero-order valence-electron chi connectivity index (χ0n) is 14.6. The lowest BCUT2D eigenvalue weighted by Gasteiger charge is -2.36. The maximum atomic E-state index is 9.44. The van der Waals surface area contributed by atoms with Crippen molar-refractivity contribution in [3.63, 3.8) is 0 Å². The molecule has 0 spiro atoms. The molecule has 0 aliphatic heterocycles. The van der Waals surface area contributed by atoms with Gasteiger partial charge in [0.2, 0.25) is 0 Å². The van der Waals surface area contributed by atoms with E-state index in [1.165, 1.54) is 24.0 Å². The lowest BCUT2D eigenvalue weighted by atomic mass is 10.0. The van der Waals surface area contributed by atoms with Gasteiger partial charge in [0, 0.05) is 0 Å². The minimum atomic E-state index is -1.72. The van der Waals surface area contributed by atoms with Crippen molar-refractivity contribution in [2.45, 2.75) is 78.3 Å². The van der Waals surface area contributed by atoms with Gasteiger partial charge in [-0.15, -0.1) is 0 Å². The summed E-state index contributed by atoms with van der Waals surface area (Å²) in [5.41, 5.74) is 3.51. The molecule has 0 atom stereocenters. The van der Waals surface area contributed by atoms with Crippen LogP contribution in [0.25, 0.3) is 0 Å². The predicted octanol–water partition coefficient (Wildman–Crippen LogP) is 5.04. The molecule has 0 aliphatic carbocycles. The van der Waals surface area contributed by atoms with Gasteiger partial charge in [-0.25, -0.2) is 0 Å². The van der Waals surface area contributed by atoms with E-state index in [0.717, 1.165) is 12.0 Å². The zero-order valence-corrected chi connectivity index (χ0v) is 15.6. The zero-order chi connectivity index (χ0) is 16.1. The van der Waals surface area contributed by atoms with Gasteiger partial charge in [0.15, 0.2) is 8.32 Å². The number of aliphatic hydroxyl groups is 1. The van der Waals surface area contributed by atoms with Gasteiger partial charge >= 0.3 is 0 Å². The third-order valence-electron chi connectivity index (χ3n) is 4.52. The maximum Gasteiger partial charge on any atom is 0.192 e. The van der Waals surface area contributed by atoms with E-state index in [-0.39, 0.29) is 11.6 Å². The molecule has 0 saturated carbocycles. The highest BCUT2D eigenvalue weighted by molar-refractivity contribution is 6.74. The molecule has 1 N–H and O–H groups in total. The summed E-state index contributed by atoms with van der Waals surface area (Å²) in [6.45, 7) is 14.3. The highest BCUT2D eigenvalue weighted by Crippen LogP contribution is 2.37. The number of rotatable bonds is 7. The van der Waals surface area contributed by atoms with Crippen LogP contribution in [0.4, 0.5) is 0 Å². The molecule has 0 aliphatic rings. The molecule has 0 radical (unpaired) electrons. The van der Waals surface area contributed by atoms with Crippen LogP contribution in [0.5, 0.6) is 0 Å². The maximum absolute atomic E-state index is 9.44. The summed E-state index contributed by atoms with van der Waals surface area (Å²) >= 11 is 0. The summed E-state index contributed by atoms with van der Waals surface area (Å²) in [4.78, 5) is 0. The van der Waals surface area contributed by atoms with E-state index in [1.54, 1.807) is 0 Å². The summed E-state index contributed by atoms with van der Waals surface area (Å²) in [5, 5.41) is 9.67. The fourth-order valence-electron chi connectivity index (χ4n) is 2.02. The first-order valence-corrected chi connectivity index (χ1v) is 11.0. The highest BCUT2D eigenvalue weighted by Gasteiger charge is 2.37. The fourth-order valence-corrected chi connectivity index (χ4v) is 2.98. The van der Waals surface area contributed by atoms with Crippen LogP contribution in [-0.4, -0.2) is 13.4 Å². The van der Waals surface area contributed by atoms with Crippen molar-refractivity contribution in [2.24, 2.45) is 0 Å². The van der Waals surface area contributed by atoms with E-state index in [2.05, 4.69) is 59.0 Å². The van der Waals surface area contributed by atoms with Crippen LogP contribution in [0.1, 0.15) is 57.2 Å². The number of hydrogen-bond acceptors (Lipinski definition) is 2. The normalized spacial score (nSPS) is 12.7. The monoisotopic (exact) mass is 308 g/mol. The molecule has 0 bridgehead atoms. The Morgan fingerprint density at radius 2 is 1.62 bits per heavy atom. The van der Waals surface area contributed by atoms with Crippen molar-refractivity contribution in [1.29, 1.82) is 0 Å². The minimum absolute atomic E-state index is 0.104. The molecule has 1 aromatic rings. The second kappa shape index (κ2) is 7.57. The van der Waals surface area contributed by atoms with Crippen molar-refractivity contribution >= 4 is 8.32 Å². The Labute approximate surface area is 131 Å². The van der Waals surface area contributed by atoms with E-state index in [9.17, 15) is 5.11 Å². The summed E-state index contributed by atoms with van der Waals surface area (Å²) < 4.78 is 6.30. The predicted molar refractivity (Wildman–Crippen MR) is 93.0 cm³/mol. The minimum Gasteiger partial charge on any atom is -0.413 e. The highest BCUT2D eigenvalue weighted by atomic mass is 28.4. The van der Waals surface area contributed by atoms with Gasteiger partial charge in [0.25, 0.3) is 0 Å². The number of hydrogen-bond donors (Lipinski definition) is 1. The average molecular weight is 309 g/mol. The molecule has 0 fully saturated rings. The van der Waals surface area contributed by atoms with Crippen LogP contribution >= 0.6 is 0 Å². The van der Waals surface area contributed by atoms with Crippen molar-refractivity contribution < 1.29 is 9.53 Å². The average Bonchev–Trinajstić information content (AvgIpc) is 2.41. The molecule has 0 heterocycles. The molecule has 3 heteroatoms. The second-order valence-electron chi connectivity index (χ2n) is 7.47. The number of aryl methyl sites for hydroxylation is 1. The second-order valence-corrected chi connectivity index (χ2v) is 12.3. The van der Waals surface area contributed by atoms with Crippen LogP contribution in [-0.2, 0) is 24.1 Å². The Balaban J connectivity index is 2.83. The third kappa shape index (κ3) is 5.57. The van der Waals surface area contributed by atoms with E-state index in [4.69, 9.17) is 4.43 Å². The lowest BCUT2D eigenvalue weighted by Crippen LogP contribution is -2.40. The number of benzene rings is 1. The topological polar surface area (TPSA) is 29.5 Å². The van der Waals surface area contributed by atoms with Crippen LogP contribution in [0.2, 0.25) is 18.1 Å². The molecule has 0 amide bonds. The Morgan fingerprint density at radius 3 is 2.14 bits per heavy atom. The molecule has 0 aromatic heterocycles. The summed E-state index contributed by atoms with van der Waals surface area (Å²) in [7, 11) is -1.72.